The number of hydrogen-bond acceptors (Lipinski definition) is 5. The number of amides is 1. The van der Waals surface area contributed by atoms with E-state index >= 15 is 0 Å². The van der Waals surface area contributed by atoms with Gasteiger partial charge in [-0.05, 0) is 24.3 Å². The maximum Gasteiger partial charge on any atom is 0.255 e. The van der Waals surface area contributed by atoms with Crippen LogP contribution in [0.5, 0.6) is 0 Å². The largest absolute Gasteiger partial charge is 0.378 e. The van der Waals surface area contributed by atoms with E-state index in [-0.39, 0.29) is 5.91 Å². The summed E-state index contributed by atoms with van der Waals surface area (Å²) in [5, 5.41) is 0. The smallest absolute Gasteiger partial charge is 0.255 e. The lowest BCUT2D eigenvalue weighted by molar-refractivity contribution is 0.0746. The van der Waals surface area contributed by atoms with E-state index in [2.05, 4.69) is 39.0 Å². The highest BCUT2D eigenvalue weighted by molar-refractivity contribution is 5.94. The van der Waals surface area contributed by atoms with E-state index < -0.39 is 0 Å². The number of carbonyl (C=O) groups is 1. The van der Waals surface area contributed by atoms with Crippen LogP contribution in [0.2, 0.25) is 0 Å². The van der Waals surface area contributed by atoms with Crippen LogP contribution in [0.1, 0.15) is 10.4 Å². The number of para-hydroxylation sites is 2. The molecule has 0 unspecified atom stereocenters. The Labute approximate surface area is 154 Å². The van der Waals surface area contributed by atoms with Crippen LogP contribution in [0.4, 0.5) is 11.4 Å². The summed E-state index contributed by atoms with van der Waals surface area (Å²) in [6.45, 7) is 6.55. The summed E-state index contributed by atoms with van der Waals surface area (Å²) < 4.78 is 5.48. The van der Waals surface area contributed by atoms with Gasteiger partial charge in [0.15, 0.2) is 0 Å². The zero-order valence-electron chi connectivity index (χ0n) is 14.9. The number of aromatic nitrogens is 1. The minimum absolute atomic E-state index is 0.0687. The zero-order chi connectivity index (χ0) is 17.8. The van der Waals surface area contributed by atoms with Crippen molar-refractivity contribution in [2.24, 2.45) is 0 Å². The number of pyridine rings is 1. The van der Waals surface area contributed by atoms with E-state index in [0.29, 0.717) is 5.56 Å². The molecule has 6 nitrogen and oxygen atoms in total. The summed E-state index contributed by atoms with van der Waals surface area (Å²) >= 11 is 0. The van der Waals surface area contributed by atoms with Gasteiger partial charge in [0.05, 0.1) is 30.2 Å². The van der Waals surface area contributed by atoms with Crippen LogP contribution in [0.3, 0.4) is 0 Å². The fourth-order valence-corrected chi connectivity index (χ4v) is 3.63. The fourth-order valence-electron chi connectivity index (χ4n) is 3.63. The summed E-state index contributed by atoms with van der Waals surface area (Å²) in [6, 6.07) is 12.2. The predicted molar refractivity (Wildman–Crippen MR) is 102 cm³/mol. The van der Waals surface area contributed by atoms with E-state index in [1.54, 1.807) is 12.4 Å². The number of nitrogens with zero attached hydrogens (tertiary/aromatic N) is 4. The van der Waals surface area contributed by atoms with Gasteiger partial charge < -0.3 is 19.4 Å². The van der Waals surface area contributed by atoms with Crippen molar-refractivity contribution < 1.29 is 9.53 Å². The molecule has 3 heterocycles. The van der Waals surface area contributed by atoms with Gasteiger partial charge in [-0.25, -0.2) is 0 Å². The first-order valence-corrected chi connectivity index (χ1v) is 9.19. The van der Waals surface area contributed by atoms with Crippen LogP contribution in [-0.2, 0) is 4.74 Å². The molecule has 0 aliphatic carbocycles. The van der Waals surface area contributed by atoms with Crippen LogP contribution in [0.25, 0.3) is 0 Å². The van der Waals surface area contributed by atoms with E-state index in [1.165, 1.54) is 11.4 Å². The first-order chi connectivity index (χ1) is 12.8. The van der Waals surface area contributed by atoms with Gasteiger partial charge in [-0.1, -0.05) is 12.1 Å². The first-order valence-electron chi connectivity index (χ1n) is 9.19. The maximum atomic E-state index is 12.6. The van der Waals surface area contributed by atoms with Crippen molar-refractivity contribution in [1.82, 2.24) is 9.88 Å². The molecular weight excluding hydrogens is 328 g/mol. The summed E-state index contributed by atoms with van der Waals surface area (Å²) in [7, 11) is 0. The lowest BCUT2D eigenvalue weighted by atomic mass is 10.1. The number of ether oxygens (including phenoxy) is 1. The SMILES string of the molecule is O=C(c1cccnc1)N1CCN(c2ccccc2N2CCOCC2)CC1. The number of morpholine rings is 1. The highest BCUT2D eigenvalue weighted by Gasteiger charge is 2.25. The molecule has 0 bridgehead atoms. The Kier molecular flexibility index (Phi) is 5.02. The van der Waals surface area contributed by atoms with Gasteiger partial charge in [0, 0.05) is 51.7 Å². The molecule has 4 rings (SSSR count). The monoisotopic (exact) mass is 352 g/mol. The summed E-state index contributed by atoms with van der Waals surface area (Å²) in [5.41, 5.74) is 3.18. The van der Waals surface area contributed by atoms with E-state index in [1.807, 2.05) is 17.0 Å². The van der Waals surface area contributed by atoms with Crippen LogP contribution in [0.15, 0.2) is 48.8 Å². The number of rotatable bonds is 3. The van der Waals surface area contributed by atoms with Crippen molar-refractivity contribution in [3.05, 3.63) is 54.4 Å². The van der Waals surface area contributed by atoms with Crippen molar-refractivity contribution in [3.8, 4) is 0 Å². The molecule has 0 radical (unpaired) electrons. The topological polar surface area (TPSA) is 48.9 Å². The Hall–Kier alpha value is -2.60. The summed E-state index contributed by atoms with van der Waals surface area (Å²) in [4.78, 5) is 23.4. The van der Waals surface area contributed by atoms with Crippen molar-refractivity contribution in [3.63, 3.8) is 0 Å². The number of piperazine rings is 1. The molecule has 26 heavy (non-hydrogen) atoms. The van der Waals surface area contributed by atoms with Crippen molar-refractivity contribution >= 4 is 17.3 Å². The number of benzene rings is 1. The Bertz CT molecular complexity index is 738. The first kappa shape index (κ1) is 16.8. The van der Waals surface area contributed by atoms with E-state index in [0.717, 1.165) is 52.5 Å². The van der Waals surface area contributed by atoms with Crippen LogP contribution in [-0.4, -0.2) is 68.3 Å². The molecular formula is C20H24N4O2. The van der Waals surface area contributed by atoms with Crippen LogP contribution >= 0.6 is 0 Å². The molecule has 0 spiro atoms. The molecule has 2 aliphatic rings. The third-order valence-corrected chi connectivity index (χ3v) is 5.05. The third-order valence-electron chi connectivity index (χ3n) is 5.05. The highest BCUT2D eigenvalue weighted by Crippen LogP contribution is 2.30. The van der Waals surface area contributed by atoms with Gasteiger partial charge in [0.2, 0.25) is 0 Å². The molecule has 136 valence electrons. The molecule has 0 N–H and O–H groups in total. The molecule has 0 saturated carbocycles. The summed E-state index contributed by atoms with van der Waals surface area (Å²) in [6.07, 6.45) is 3.33. The zero-order valence-corrected chi connectivity index (χ0v) is 14.9. The molecule has 2 aliphatic heterocycles. The molecule has 2 fully saturated rings. The standard InChI is InChI=1S/C20H24N4O2/c25-20(17-4-3-7-21-16-17)24-10-8-22(9-11-24)18-5-1-2-6-19(18)23-12-14-26-15-13-23/h1-7,16H,8-15H2. The molecule has 1 amide bonds. The number of carbonyl (C=O) groups excluding carboxylic acids is 1. The lowest BCUT2D eigenvalue weighted by Gasteiger charge is -2.39. The summed E-state index contributed by atoms with van der Waals surface area (Å²) in [5.74, 6) is 0.0687. The van der Waals surface area contributed by atoms with Gasteiger partial charge in [0.1, 0.15) is 0 Å². The molecule has 1 aromatic carbocycles. The molecule has 2 aromatic rings. The Morgan fingerprint density at radius 1 is 0.846 bits per heavy atom. The second kappa shape index (κ2) is 7.74. The quantitative estimate of drug-likeness (QED) is 0.844. The van der Waals surface area contributed by atoms with Gasteiger partial charge in [-0.3, -0.25) is 9.78 Å². The van der Waals surface area contributed by atoms with Crippen LogP contribution in [0, 0.1) is 0 Å². The van der Waals surface area contributed by atoms with E-state index in [9.17, 15) is 4.79 Å². The second-order valence-corrected chi connectivity index (χ2v) is 6.61. The fraction of sp³-hybridized carbons (Fsp3) is 0.400. The average molecular weight is 352 g/mol. The minimum atomic E-state index is 0.0687. The third kappa shape index (κ3) is 3.51. The lowest BCUT2D eigenvalue weighted by Crippen LogP contribution is -2.49. The molecule has 1 aromatic heterocycles. The highest BCUT2D eigenvalue weighted by atomic mass is 16.5. The Morgan fingerprint density at radius 2 is 1.50 bits per heavy atom. The Morgan fingerprint density at radius 3 is 2.12 bits per heavy atom. The van der Waals surface area contributed by atoms with Crippen LogP contribution < -0.4 is 9.80 Å². The normalized spacial score (nSPS) is 18.1. The number of hydrogen-bond donors (Lipinski definition) is 0. The molecule has 0 atom stereocenters. The Balaban J connectivity index is 1.44. The van der Waals surface area contributed by atoms with Gasteiger partial charge in [-0.2, -0.15) is 0 Å². The maximum absolute atomic E-state index is 12.6. The van der Waals surface area contributed by atoms with Gasteiger partial charge >= 0.3 is 0 Å². The van der Waals surface area contributed by atoms with Gasteiger partial charge in [-0.15, -0.1) is 0 Å². The number of anilines is 2. The van der Waals surface area contributed by atoms with E-state index in [4.69, 9.17) is 4.74 Å². The minimum Gasteiger partial charge on any atom is -0.378 e. The average Bonchev–Trinajstić information content (AvgIpc) is 2.75. The molecule has 6 heteroatoms. The van der Waals surface area contributed by atoms with Crippen molar-refractivity contribution in [2.45, 2.75) is 0 Å². The molecule has 2 saturated heterocycles. The van der Waals surface area contributed by atoms with Crippen molar-refractivity contribution in [1.29, 1.82) is 0 Å². The van der Waals surface area contributed by atoms with Gasteiger partial charge in [0.25, 0.3) is 5.91 Å². The predicted octanol–water partition coefficient (Wildman–Crippen LogP) is 1.88. The van der Waals surface area contributed by atoms with Crippen molar-refractivity contribution in [2.75, 3.05) is 62.3 Å². The second-order valence-electron chi connectivity index (χ2n) is 6.61.